The number of benzene rings is 2. The van der Waals surface area contributed by atoms with E-state index in [0.717, 1.165) is 17.6 Å². The third-order valence-electron chi connectivity index (χ3n) is 4.58. The third kappa shape index (κ3) is 2.66. The lowest BCUT2D eigenvalue weighted by Crippen LogP contribution is -2.32. The Bertz CT molecular complexity index is 956. The lowest BCUT2D eigenvalue weighted by atomic mass is 10.0. The quantitative estimate of drug-likeness (QED) is 0.752. The number of aromatic amines is 1. The van der Waals surface area contributed by atoms with Crippen LogP contribution >= 0.6 is 0 Å². The van der Waals surface area contributed by atoms with Crippen LogP contribution in [-0.2, 0) is 0 Å². The lowest BCUT2D eigenvalue weighted by molar-refractivity contribution is 0.0717. The molecule has 5 nitrogen and oxygen atoms in total. The number of aromatic nitrogens is 2. The molecule has 1 fully saturated rings. The molecule has 1 amide bonds. The number of halogens is 2. The Morgan fingerprint density at radius 2 is 2.08 bits per heavy atom. The molecule has 0 radical (unpaired) electrons. The number of likely N-dealkylation sites (tertiary alicyclic amines) is 1. The van der Waals surface area contributed by atoms with Crippen LogP contribution in [0.25, 0.3) is 10.9 Å². The number of hydrogen-bond acceptors (Lipinski definition) is 3. The Hall–Kier alpha value is -2.80. The number of aliphatic hydroxyl groups is 1. The summed E-state index contributed by atoms with van der Waals surface area (Å²) in [4.78, 5) is 14.5. The van der Waals surface area contributed by atoms with Crippen LogP contribution in [-0.4, -0.2) is 38.8 Å². The molecule has 1 aliphatic rings. The van der Waals surface area contributed by atoms with E-state index in [4.69, 9.17) is 0 Å². The molecule has 7 heteroatoms. The molecule has 2 N–H and O–H groups in total. The molecule has 1 aliphatic heterocycles. The third-order valence-corrected chi connectivity index (χ3v) is 4.58. The van der Waals surface area contributed by atoms with E-state index in [1.165, 1.54) is 11.0 Å². The number of amides is 1. The second-order valence-electron chi connectivity index (χ2n) is 6.17. The fourth-order valence-electron chi connectivity index (χ4n) is 3.38. The highest BCUT2D eigenvalue weighted by Gasteiger charge is 2.36. The molecule has 3 aromatic rings. The average Bonchev–Trinajstić information content (AvgIpc) is 3.22. The van der Waals surface area contributed by atoms with Gasteiger partial charge in [-0.2, -0.15) is 5.10 Å². The van der Waals surface area contributed by atoms with Crippen LogP contribution < -0.4 is 0 Å². The monoisotopic (exact) mass is 343 g/mol. The van der Waals surface area contributed by atoms with Crippen molar-refractivity contribution < 1.29 is 18.7 Å². The predicted octanol–water partition coefficient (Wildman–Crippen LogP) is 2.79. The van der Waals surface area contributed by atoms with Gasteiger partial charge in [-0.1, -0.05) is 12.1 Å². The summed E-state index contributed by atoms with van der Waals surface area (Å²) in [6, 6.07) is 8.29. The summed E-state index contributed by atoms with van der Waals surface area (Å²) >= 11 is 0. The molecule has 1 saturated heterocycles. The first-order valence-corrected chi connectivity index (χ1v) is 7.90. The van der Waals surface area contributed by atoms with Crippen molar-refractivity contribution in [2.75, 3.05) is 6.54 Å². The van der Waals surface area contributed by atoms with Crippen LogP contribution in [0.15, 0.2) is 42.6 Å². The summed E-state index contributed by atoms with van der Waals surface area (Å²) < 4.78 is 26.8. The molecule has 1 aromatic heterocycles. The second kappa shape index (κ2) is 5.93. The number of nitrogens with zero attached hydrogens (tertiary/aromatic N) is 2. The second-order valence-corrected chi connectivity index (χ2v) is 6.17. The summed E-state index contributed by atoms with van der Waals surface area (Å²) in [6.07, 6.45) is 1.13. The van der Waals surface area contributed by atoms with E-state index in [1.807, 2.05) is 6.07 Å². The van der Waals surface area contributed by atoms with E-state index in [0.29, 0.717) is 16.5 Å². The van der Waals surface area contributed by atoms with Gasteiger partial charge in [-0.15, -0.1) is 0 Å². The van der Waals surface area contributed by atoms with E-state index in [2.05, 4.69) is 10.2 Å². The largest absolute Gasteiger partial charge is 0.391 e. The molecule has 2 aromatic carbocycles. The Morgan fingerprint density at radius 3 is 2.88 bits per heavy atom. The van der Waals surface area contributed by atoms with Gasteiger partial charge in [0.15, 0.2) is 11.6 Å². The maximum Gasteiger partial charge on any atom is 0.255 e. The Balaban J connectivity index is 1.73. The minimum absolute atomic E-state index is 0.136. The number of aliphatic hydroxyl groups excluding tert-OH is 1. The highest BCUT2D eigenvalue weighted by molar-refractivity contribution is 6.06. The maximum absolute atomic E-state index is 13.6. The molecule has 2 heterocycles. The molecular formula is C18H15F2N3O2. The van der Waals surface area contributed by atoms with Gasteiger partial charge >= 0.3 is 0 Å². The molecule has 0 saturated carbocycles. The number of β-amino-alcohol motifs (C(OH)–C–C–N with tert-alkyl or cyclic N) is 1. The number of carbonyl (C=O) groups is 1. The maximum atomic E-state index is 13.6. The molecular weight excluding hydrogens is 328 g/mol. The Labute approximate surface area is 141 Å². The average molecular weight is 343 g/mol. The van der Waals surface area contributed by atoms with Crippen molar-refractivity contribution >= 4 is 16.8 Å². The van der Waals surface area contributed by atoms with Crippen molar-refractivity contribution in [2.45, 2.75) is 18.6 Å². The number of fused-ring (bicyclic) bond motifs is 1. The molecule has 25 heavy (non-hydrogen) atoms. The molecule has 0 bridgehead atoms. The molecule has 2 atom stereocenters. The van der Waals surface area contributed by atoms with Gasteiger partial charge in [0.1, 0.15) is 0 Å². The topological polar surface area (TPSA) is 69.2 Å². The van der Waals surface area contributed by atoms with E-state index in [1.54, 1.807) is 18.3 Å². The Morgan fingerprint density at radius 1 is 1.24 bits per heavy atom. The van der Waals surface area contributed by atoms with Gasteiger partial charge in [-0.05, 0) is 36.2 Å². The van der Waals surface area contributed by atoms with E-state index < -0.39 is 23.8 Å². The van der Waals surface area contributed by atoms with Crippen molar-refractivity contribution in [3.8, 4) is 0 Å². The summed E-state index contributed by atoms with van der Waals surface area (Å²) in [5, 5.41) is 17.5. The van der Waals surface area contributed by atoms with Crippen LogP contribution in [0.3, 0.4) is 0 Å². The fourth-order valence-corrected chi connectivity index (χ4v) is 3.38. The zero-order chi connectivity index (χ0) is 17.6. The van der Waals surface area contributed by atoms with Gasteiger partial charge in [-0.25, -0.2) is 8.78 Å². The highest BCUT2D eigenvalue weighted by atomic mass is 19.2. The fraction of sp³-hybridized carbons (Fsp3) is 0.222. The molecule has 4 rings (SSSR count). The number of nitrogens with one attached hydrogen (secondary N) is 1. The van der Waals surface area contributed by atoms with Gasteiger partial charge in [0.2, 0.25) is 0 Å². The summed E-state index contributed by atoms with van der Waals surface area (Å²) in [5.74, 6) is -2.19. The van der Waals surface area contributed by atoms with Gasteiger partial charge in [0, 0.05) is 11.9 Å². The van der Waals surface area contributed by atoms with Gasteiger partial charge in [0.25, 0.3) is 5.91 Å². The van der Waals surface area contributed by atoms with Crippen molar-refractivity contribution in [2.24, 2.45) is 0 Å². The van der Waals surface area contributed by atoms with Crippen LogP contribution in [0.2, 0.25) is 0 Å². The first-order valence-electron chi connectivity index (χ1n) is 7.90. The molecule has 0 unspecified atom stereocenters. The standard InChI is InChI=1S/C18H15F2N3O2/c19-14-5-4-10(6-15(14)20)17-7-11(24)9-23(17)18(25)12-2-1-3-16-13(12)8-21-22-16/h1-6,8,11,17,24H,7,9H2,(H,21,22)/t11-,17+/m1/s1. The Kier molecular flexibility index (Phi) is 3.73. The first-order chi connectivity index (χ1) is 12.0. The van der Waals surface area contributed by atoms with Crippen molar-refractivity contribution in [1.29, 1.82) is 0 Å². The minimum Gasteiger partial charge on any atom is -0.391 e. The smallest absolute Gasteiger partial charge is 0.255 e. The van der Waals surface area contributed by atoms with Crippen LogP contribution in [0.5, 0.6) is 0 Å². The van der Waals surface area contributed by atoms with Gasteiger partial charge in [-0.3, -0.25) is 9.89 Å². The predicted molar refractivity (Wildman–Crippen MR) is 86.9 cm³/mol. The van der Waals surface area contributed by atoms with Gasteiger partial charge in [0.05, 0.1) is 29.4 Å². The molecule has 0 aliphatic carbocycles. The highest BCUT2D eigenvalue weighted by Crippen LogP contribution is 2.34. The van der Waals surface area contributed by atoms with Crippen LogP contribution in [0.1, 0.15) is 28.4 Å². The van der Waals surface area contributed by atoms with Crippen LogP contribution in [0.4, 0.5) is 8.78 Å². The van der Waals surface area contributed by atoms with E-state index >= 15 is 0 Å². The summed E-state index contributed by atoms with van der Waals surface area (Å²) in [5.41, 5.74) is 1.64. The number of hydrogen-bond donors (Lipinski definition) is 2. The first kappa shape index (κ1) is 15.7. The number of carbonyl (C=O) groups excluding carboxylic acids is 1. The number of H-pyrrole nitrogens is 1. The number of rotatable bonds is 2. The normalized spacial score (nSPS) is 20.4. The lowest BCUT2D eigenvalue weighted by Gasteiger charge is -2.25. The van der Waals surface area contributed by atoms with E-state index in [-0.39, 0.29) is 18.9 Å². The van der Waals surface area contributed by atoms with Crippen molar-refractivity contribution in [1.82, 2.24) is 15.1 Å². The minimum atomic E-state index is -0.969. The zero-order valence-corrected chi connectivity index (χ0v) is 13.1. The van der Waals surface area contributed by atoms with Crippen molar-refractivity contribution in [3.05, 3.63) is 65.4 Å². The molecule has 128 valence electrons. The summed E-state index contributed by atoms with van der Waals surface area (Å²) in [6.45, 7) is 0.136. The molecule has 0 spiro atoms. The zero-order valence-electron chi connectivity index (χ0n) is 13.1. The van der Waals surface area contributed by atoms with Crippen molar-refractivity contribution in [3.63, 3.8) is 0 Å². The van der Waals surface area contributed by atoms with Crippen LogP contribution in [0, 0.1) is 11.6 Å². The summed E-state index contributed by atoms with van der Waals surface area (Å²) in [7, 11) is 0. The van der Waals surface area contributed by atoms with Gasteiger partial charge < -0.3 is 10.0 Å². The SMILES string of the molecule is O=C(c1cccc2[nH]ncc12)N1C[C@H](O)C[C@H]1c1ccc(F)c(F)c1. The van der Waals surface area contributed by atoms with E-state index in [9.17, 15) is 18.7 Å².